The number of carbonyl (C=O) groups is 1. The van der Waals surface area contributed by atoms with E-state index >= 15 is 0 Å². The minimum atomic E-state index is -4.03. The van der Waals surface area contributed by atoms with E-state index in [-0.39, 0.29) is 28.5 Å². The van der Waals surface area contributed by atoms with Crippen LogP contribution < -0.4 is 4.72 Å². The number of carboxylic acid groups (broad SMARTS) is 1. The lowest BCUT2D eigenvalue weighted by Crippen LogP contribution is -2.29. The van der Waals surface area contributed by atoms with Gasteiger partial charge in [0.2, 0.25) is 10.0 Å². The van der Waals surface area contributed by atoms with Crippen molar-refractivity contribution in [3.8, 4) is 6.07 Å². The third kappa shape index (κ3) is 3.13. The van der Waals surface area contributed by atoms with Crippen molar-refractivity contribution in [2.75, 3.05) is 6.54 Å². The van der Waals surface area contributed by atoms with Crippen molar-refractivity contribution in [2.24, 2.45) is 5.92 Å². The molecule has 8 heteroatoms. The van der Waals surface area contributed by atoms with Crippen LogP contribution in [0.15, 0.2) is 9.31 Å². The number of furan rings is 1. The van der Waals surface area contributed by atoms with E-state index in [4.69, 9.17) is 14.8 Å². The van der Waals surface area contributed by atoms with Crippen LogP contribution in [0.2, 0.25) is 0 Å². The zero-order chi connectivity index (χ0) is 14.8. The summed E-state index contributed by atoms with van der Waals surface area (Å²) >= 11 is 0. The van der Waals surface area contributed by atoms with Gasteiger partial charge in [-0.3, -0.25) is 0 Å². The Labute approximate surface area is 110 Å². The Balaban J connectivity index is 3.23. The van der Waals surface area contributed by atoms with Crippen LogP contribution in [0.1, 0.15) is 28.8 Å². The van der Waals surface area contributed by atoms with E-state index in [1.54, 1.807) is 6.92 Å². The summed E-state index contributed by atoms with van der Waals surface area (Å²) in [5.41, 5.74) is -0.380. The number of aromatic carboxylic acids is 1. The number of hydrogen-bond acceptors (Lipinski definition) is 5. The van der Waals surface area contributed by atoms with E-state index in [1.165, 1.54) is 13.8 Å². The number of rotatable bonds is 5. The summed E-state index contributed by atoms with van der Waals surface area (Å²) in [6, 6.07) is 1.88. The molecule has 1 rings (SSSR count). The Bertz CT molecular complexity index is 639. The van der Waals surface area contributed by atoms with Gasteiger partial charge in [-0.1, -0.05) is 0 Å². The summed E-state index contributed by atoms with van der Waals surface area (Å²) < 4.78 is 31.4. The van der Waals surface area contributed by atoms with Crippen LogP contribution >= 0.6 is 0 Å². The summed E-state index contributed by atoms with van der Waals surface area (Å²) in [4.78, 5) is 10.7. The fourth-order valence-electron chi connectivity index (χ4n) is 1.59. The Morgan fingerprint density at radius 2 is 2.05 bits per heavy atom. The number of carboxylic acids is 1. The van der Waals surface area contributed by atoms with Crippen LogP contribution in [0.4, 0.5) is 0 Å². The van der Waals surface area contributed by atoms with Gasteiger partial charge in [0.25, 0.3) is 0 Å². The van der Waals surface area contributed by atoms with Gasteiger partial charge >= 0.3 is 5.97 Å². The lowest BCUT2D eigenvalue weighted by Gasteiger charge is -2.07. The molecule has 0 saturated carbocycles. The van der Waals surface area contributed by atoms with Crippen molar-refractivity contribution in [1.29, 1.82) is 5.26 Å². The highest BCUT2D eigenvalue weighted by Gasteiger charge is 2.30. The molecule has 2 N–H and O–H groups in total. The molecule has 104 valence electrons. The highest BCUT2D eigenvalue weighted by Crippen LogP contribution is 2.26. The smallest absolute Gasteiger partial charge is 0.340 e. The van der Waals surface area contributed by atoms with Crippen molar-refractivity contribution in [1.82, 2.24) is 4.72 Å². The molecule has 1 atom stereocenters. The number of hydrogen-bond donors (Lipinski definition) is 2. The Hall–Kier alpha value is -1.85. The molecular formula is C11H14N2O5S. The number of nitrogens with zero attached hydrogens (tertiary/aromatic N) is 1. The van der Waals surface area contributed by atoms with Gasteiger partial charge in [-0.05, 0) is 20.8 Å². The number of nitrogens with one attached hydrogen (secondary N) is 1. The van der Waals surface area contributed by atoms with Crippen LogP contribution in [-0.4, -0.2) is 26.0 Å². The van der Waals surface area contributed by atoms with Crippen LogP contribution in [0.5, 0.6) is 0 Å². The number of sulfonamides is 1. The Morgan fingerprint density at radius 3 is 2.53 bits per heavy atom. The van der Waals surface area contributed by atoms with Gasteiger partial charge in [-0.25, -0.2) is 17.9 Å². The van der Waals surface area contributed by atoms with Crippen LogP contribution in [-0.2, 0) is 10.0 Å². The summed E-state index contributed by atoms with van der Waals surface area (Å²) in [5.74, 6) is -1.86. The molecule has 0 aliphatic rings. The first-order valence-electron chi connectivity index (χ1n) is 5.43. The van der Waals surface area contributed by atoms with Crippen LogP contribution in [0, 0.1) is 31.1 Å². The first-order valence-corrected chi connectivity index (χ1v) is 6.91. The van der Waals surface area contributed by atoms with Crippen LogP contribution in [0.3, 0.4) is 0 Å². The fraction of sp³-hybridized carbons (Fsp3) is 0.455. The molecule has 1 unspecified atom stereocenters. The largest absolute Gasteiger partial charge is 0.478 e. The average molecular weight is 286 g/mol. The summed E-state index contributed by atoms with van der Waals surface area (Å²) in [6.45, 7) is 4.21. The van der Waals surface area contributed by atoms with Gasteiger partial charge in [-0.15, -0.1) is 0 Å². The zero-order valence-electron chi connectivity index (χ0n) is 10.7. The predicted octanol–water partition coefficient (Wildman–Crippen LogP) is 1.03. The Kier molecular flexibility index (Phi) is 4.34. The normalized spacial score (nSPS) is 12.9. The second kappa shape index (κ2) is 5.42. The van der Waals surface area contributed by atoms with Crippen LogP contribution in [0.25, 0.3) is 0 Å². The molecule has 7 nitrogen and oxygen atoms in total. The third-order valence-corrected chi connectivity index (χ3v) is 4.06. The van der Waals surface area contributed by atoms with Crippen molar-refractivity contribution in [3.05, 3.63) is 17.1 Å². The van der Waals surface area contributed by atoms with E-state index in [2.05, 4.69) is 4.72 Å². The quantitative estimate of drug-likeness (QED) is 0.834. The highest BCUT2D eigenvalue weighted by molar-refractivity contribution is 7.89. The first kappa shape index (κ1) is 15.2. The van der Waals surface area contributed by atoms with Crippen molar-refractivity contribution >= 4 is 16.0 Å². The van der Waals surface area contributed by atoms with Crippen molar-refractivity contribution in [3.63, 3.8) is 0 Å². The number of nitriles is 1. The molecule has 1 aromatic heterocycles. The van der Waals surface area contributed by atoms with Gasteiger partial charge in [0.1, 0.15) is 22.0 Å². The lowest BCUT2D eigenvalue weighted by atomic mass is 10.2. The van der Waals surface area contributed by atoms with E-state index in [0.29, 0.717) is 0 Å². The molecule has 1 heterocycles. The van der Waals surface area contributed by atoms with Gasteiger partial charge < -0.3 is 9.52 Å². The van der Waals surface area contributed by atoms with Gasteiger partial charge in [0.15, 0.2) is 0 Å². The van der Waals surface area contributed by atoms with Crippen molar-refractivity contribution in [2.45, 2.75) is 25.7 Å². The molecule has 0 radical (unpaired) electrons. The maximum atomic E-state index is 12.1. The highest BCUT2D eigenvalue weighted by atomic mass is 32.2. The third-order valence-electron chi connectivity index (χ3n) is 2.49. The van der Waals surface area contributed by atoms with E-state index in [0.717, 1.165) is 0 Å². The van der Waals surface area contributed by atoms with E-state index in [9.17, 15) is 13.2 Å². The molecule has 0 aliphatic heterocycles. The minimum Gasteiger partial charge on any atom is -0.478 e. The average Bonchev–Trinajstić information content (AvgIpc) is 2.61. The standard InChI is InChI=1S/C11H14N2O5S/c1-6(4-12)5-13-19(16,17)10-8(3)18-7(2)9(10)11(14)15/h6,13H,5H2,1-3H3,(H,14,15). The topological polar surface area (TPSA) is 120 Å². The molecule has 0 bridgehead atoms. The molecule has 0 spiro atoms. The monoisotopic (exact) mass is 286 g/mol. The molecule has 0 saturated heterocycles. The maximum absolute atomic E-state index is 12.1. The summed E-state index contributed by atoms with van der Waals surface area (Å²) in [5, 5.41) is 17.6. The SMILES string of the molecule is Cc1oc(C)c(S(=O)(=O)NCC(C)C#N)c1C(=O)O. The molecule has 0 fully saturated rings. The van der Waals surface area contributed by atoms with Gasteiger partial charge in [0, 0.05) is 6.54 Å². The maximum Gasteiger partial charge on any atom is 0.340 e. The fourth-order valence-corrected chi connectivity index (χ4v) is 3.12. The van der Waals surface area contributed by atoms with Gasteiger partial charge in [0.05, 0.1) is 12.0 Å². The van der Waals surface area contributed by atoms with E-state index < -0.39 is 21.9 Å². The minimum absolute atomic E-state index is 0.00649. The van der Waals surface area contributed by atoms with Gasteiger partial charge in [-0.2, -0.15) is 5.26 Å². The molecule has 0 aromatic carbocycles. The Morgan fingerprint density at radius 1 is 1.47 bits per heavy atom. The summed E-state index contributed by atoms with van der Waals surface area (Å²) in [6.07, 6.45) is 0. The van der Waals surface area contributed by atoms with Crippen molar-refractivity contribution < 1.29 is 22.7 Å². The summed E-state index contributed by atoms with van der Waals surface area (Å²) in [7, 11) is -4.03. The van der Waals surface area contributed by atoms with E-state index in [1.807, 2.05) is 6.07 Å². The lowest BCUT2D eigenvalue weighted by molar-refractivity contribution is 0.0691. The zero-order valence-corrected chi connectivity index (χ0v) is 11.5. The molecule has 0 amide bonds. The molecular weight excluding hydrogens is 272 g/mol. The predicted molar refractivity (Wildman–Crippen MR) is 65.1 cm³/mol. The molecule has 1 aromatic rings. The molecule has 19 heavy (non-hydrogen) atoms. The number of aryl methyl sites for hydroxylation is 2. The second-order valence-corrected chi connectivity index (χ2v) is 5.81. The first-order chi connectivity index (χ1) is 8.70. The molecule has 0 aliphatic carbocycles. The second-order valence-electron chi connectivity index (χ2n) is 4.11.